The van der Waals surface area contributed by atoms with E-state index in [0.717, 1.165) is 50.4 Å². The summed E-state index contributed by atoms with van der Waals surface area (Å²) in [5.74, 6) is 0. The average molecular weight is 413 g/mol. The molecule has 2 heterocycles. The van der Waals surface area contributed by atoms with Gasteiger partial charge in [0.25, 0.3) is 0 Å². The standard InChI is InChI=1S/C24H36N4S/c1-5-21-11-12-22(18(2)16-21)25-24(29)26-23-10-6-7-15-28(20(23)4)17-19(3)27-13-8-9-14-27/h11-12,16,23H,3-10,13-15,17H2,1-2H3,(H2,25,26,29). The number of likely N-dealkylation sites (tertiary alicyclic amines) is 2. The van der Waals surface area contributed by atoms with Gasteiger partial charge >= 0.3 is 0 Å². The topological polar surface area (TPSA) is 30.5 Å². The van der Waals surface area contributed by atoms with Gasteiger partial charge < -0.3 is 20.4 Å². The van der Waals surface area contributed by atoms with Crippen LogP contribution >= 0.6 is 12.2 Å². The molecule has 3 rings (SSSR count). The van der Waals surface area contributed by atoms with Crippen LogP contribution in [0.1, 0.15) is 50.2 Å². The molecule has 29 heavy (non-hydrogen) atoms. The van der Waals surface area contributed by atoms with Crippen LogP contribution in [0.25, 0.3) is 0 Å². The van der Waals surface area contributed by atoms with E-state index in [1.807, 2.05) is 0 Å². The lowest BCUT2D eigenvalue weighted by molar-refractivity contribution is 0.310. The molecule has 1 aromatic rings. The van der Waals surface area contributed by atoms with E-state index >= 15 is 0 Å². The van der Waals surface area contributed by atoms with Crippen LogP contribution in [0.3, 0.4) is 0 Å². The SMILES string of the molecule is C=C(CN1CCCCC(NC(=S)Nc2ccc(CC)cc2C)C1=C)N1CCCC1. The van der Waals surface area contributed by atoms with Crippen LogP contribution in [0.5, 0.6) is 0 Å². The van der Waals surface area contributed by atoms with Crippen LogP contribution in [-0.2, 0) is 6.42 Å². The van der Waals surface area contributed by atoms with Gasteiger partial charge in [-0.05, 0) is 74.9 Å². The first kappa shape index (κ1) is 21.7. The van der Waals surface area contributed by atoms with E-state index in [-0.39, 0.29) is 6.04 Å². The molecule has 0 spiro atoms. The quantitative estimate of drug-likeness (QED) is 0.654. The van der Waals surface area contributed by atoms with E-state index in [4.69, 9.17) is 12.2 Å². The minimum Gasteiger partial charge on any atom is -0.374 e. The van der Waals surface area contributed by atoms with Gasteiger partial charge in [0, 0.05) is 36.7 Å². The Hall–Kier alpha value is -2.01. The summed E-state index contributed by atoms with van der Waals surface area (Å²) in [5, 5.41) is 7.58. The Morgan fingerprint density at radius 3 is 2.59 bits per heavy atom. The second-order valence-electron chi connectivity index (χ2n) is 8.32. The normalized spacial score (nSPS) is 19.8. The summed E-state index contributed by atoms with van der Waals surface area (Å²) in [6.45, 7) is 17.3. The molecule has 2 fully saturated rings. The smallest absolute Gasteiger partial charge is 0.171 e. The molecular formula is C24H36N4S. The molecule has 2 aliphatic heterocycles. The molecule has 2 N–H and O–H groups in total. The molecule has 2 aliphatic rings. The second-order valence-corrected chi connectivity index (χ2v) is 8.73. The highest BCUT2D eigenvalue weighted by Crippen LogP contribution is 2.23. The van der Waals surface area contributed by atoms with Crippen LogP contribution in [0.2, 0.25) is 0 Å². The third-order valence-electron chi connectivity index (χ3n) is 6.16. The summed E-state index contributed by atoms with van der Waals surface area (Å²) < 4.78 is 0. The van der Waals surface area contributed by atoms with E-state index in [2.05, 4.69) is 65.6 Å². The van der Waals surface area contributed by atoms with Crippen molar-refractivity contribution in [3.63, 3.8) is 0 Å². The molecular weight excluding hydrogens is 376 g/mol. The monoisotopic (exact) mass is 412 g/mol. The maximum atomic E-state index is 5.64. The van der Waals surface area contributed by atoms with Gasteiger partial charge in [0.2, 0.25) is 0 Å². The van der Waals surface area contributed by atoms with Crippen molar-refractivity contribution in [1.29, 1.82) is 0 Å². The lowest BCUT2D eigenvalue weighted by Gasteiger charge is -2.33. The average Bonchev–Trinajstić information content (AvgIpc) is 3.19. The van der Waals surface area contributed by atoms with Crippen molar-refractivity contribution in [1.82, 2.24) is 15.1 Å². The van der Waals surface area contributed by atoms with Gasteiger partial charge in [-0.15, -0.1) is 0 Å². The number of thiocarbonyl (C=S) groups is 1. The number of anilines is 1. The first-order chi connectivity index (χ1) is 14.0. The highest BCUT2D eigenvalue weighted by atomic mass is 32.1. The first-order valence-corrected chi connectivity index (χ1v) is 11.4. The Labute approximate surface area is 182 Å². The zero-order valence-corrected chi connectivity index (χ0v) is 18.9. The predicted molar refractivity (Wildman–Crippen MR) is 128 cm³/mol. The van der Waals surface area contributed by atoms with Gasteiger partial charge in [-0.3, -0.25) is 0 Å². The van der Waals surface area contributed by atoms with E-state index in [1.165, 1.54) is 42.5 Å². The lowest BCUT2D eigenvalue weighted by atomic mass is 10.1. The van der Waals surface area contributed by atoms with Crippen LogP contribution in [0.4, 0.5) is 5.69 Å². The molecule has 0 radical (unpaired) electrons. The van der Waals surface area contributed by atoms with Gasteiger partial charge in [-0.2, -0.15) is 0 Å². The number of aryl methyl sites for hydroxylation is 2. The van der Waals surface area contributed by atoms with Crippen LogP contribution in [0.15, 0.2) is 42.8 Å². The number of nitrogens with one attached hydrogen (secondary N) is 2. The fourth-order valence-corrected chi connectivity index (χ4v) is 4.53. The zero-order chi connectivity index (χ0) is 20.8. The van der Waals surface area contributed by atoms with Crippen molar-refractivity contribution in [2.45, 2.75) is 58.4 Å². The van der Waals surface area contributed by atoms with Crippen LogP contribution in [0, 0.1) is 6.92 Å². The third-order valence-corrected chi connectivity index (χ3v) is 6.38. The first-order valence-electron chi connectivity index (χ1n) is 11.0. The molecule has 0 bridgehead atoms. The molecule has 158 valence electrons. The third kappa shape index (κ3) is 5.75. The highest BCUT2D eigenvalue weighted by Gasteiger charge is 2.24. The molecule has 0 amide bonds. The maximum Gasteiger partial charge on any atom is 0.171 e. The molecule has 0 aliphatic carbocycles. The van der Waals surface area contributed by atoms with E-state index in [0.29, 0.717) is 5.11 Å². The molecule has 2 saturated heterocycles. The zero-order valence-electron chi connectivity index (χ0n) is 18.1. The number of nitrogens with zero attached hydrogens (tertiary/aromatic N) is 2. The van der Waals surface area contributed by atoms with E-state index in [1.54, 1.807) is 0 Å². The Morgan fingerprint density at radius 1 is 1.17 bits per heavy atom. The van der Waals surface area contributed by atoms with Crippen molar-refractivity contribution >= 4 is 23.0 Å². The van der Waals surface area contributed by atoms with Gasteiger partial charge in [0.05, 0.1) is 12.6 Å². The molecule has 5 heteroatoms. The number of hydrogen-bond donors (Lipinski definition) is 2. The van der Waals surface area contributed by atoms with Crippen LogP contribution in [-0.4, -0.2) is 47.1 Å². The molecule has 1 atom stereocenters. The maximum absolute atomic E-state index is 5.64. The van der Waals surface area contributed by atoms with Crippen molar-refractivity contribution in [3.8, 4) is 0 Å². The summed E-state index contributed by atoms with van der Waals surface area (Å²) in [4.78, 5) is 4.82. The number of hydrogen-bond acceptors (Lipinski definition) is 3. The van der Waals surface area contributed by atoms with Crippen molar-refractivity contribution in [3.05, 3.63) is 53.9 Å². The second kappa shape index (κ2) is 10.1. The summed E-state index contributed by atoms with van der Waals surface area (Å²) in [5.41, 5.74) is 5.98. The largest absolute Gasteiger partial charge is 0.374 e. The minimum atomic E-state index is 0.166. The predicted octanol–water partition coefficient (Wildman–Crippen LogP) is 4.82. The lowest BCUT2D eigenvalue weighted by Crippen LogP contribution is -2.43. The van der Waals surface area contributed by atoms with Crippen molar-refractivity contribution in [2.24, 2.45) is 0 Å². The van der Waals surface area contributed by atoms with Gasteiger partial charge in [-0.1, -0.05) is 32.2 Å². The van der Waals surface area contributed by atoms with Gasteiger partial charge in [0.1, 0.15) is 0 Å². The van der Waals surface area contributed by atoms with E-state index < -0.39 is 0 Å². The molecule has 0 aromatic heterocycles. The summed E-state index contributed by atoms with van der Waals surface area (Å²) >= 11 is 5.64. The number of benzene rings is 1. The van der Waals surface area contributed by atoms with Gasteiger partial charge in [0.15, 0.2) is 5.11 Å². The summed E-state index contributed by atoms with van der Waals surface area (Å²) in [7, 11) is 0. The Balaban J connectivity index is 1.59. The Morgan fingerprint density at radius 2 is 1.90 bits per heavy atom. The Bertz CT molecular complexity index is 751. The summed E-state index contributed by atoms with van der Waals surface area (Å²) in [6, 6.07) is 6.67. The fraction of sp³-hybridized carbons (Fsp3) is 0.542. The molecule has 0 saturated carbocycles. The van der Waals surface area contributed by atoms with Crippen molar-refractivity contribution < 1.29 is 0 Å². The minimum absolute atomic E-state index is 0.166. The van der Waals surface area contributed by atoms with Crippen LogP contribution < -0.4 is 10.6 Å². The van der Waals surface area contributed by atoms with Gasteiger partial charge in [-0.25, -0.2) is 0 Å². The highest BCUT2D eigenvalue weighted by molar-refractivity contribution is 7.80. The fourth-order valence-electron chi connectivity index (χ4n) is 4.27. The van der Waals surface area contributed by atoms with Crippen molar-refractivity contribution in [2.75, 3.05) is 31.5 Å². The molecule has 4 nitrogen and oxygen atoms in total. The summed E-state index contributed by atoms with van der Waals surface area (Å²) in [6.07, 6.45) is 7.02. The molecule has 1 unspecified atom stereocenters. The Kier molecular flexibility index (Phi) is 7.59. The molecule has 1 aromatic carbocycles. The number of rotatable bonds is 6. The van der Waals surface area contributed by atoms with E-state index in [9.17, 15) is 0 Å².